The van der Waals surface area contributed by atoms with Crippen LogP contribution in [0.1, 0.15) is 25.1 Å². The summed E-state index contributed by atoms with van der Waals surface area (Å²) < 4.78 is 5.24. The van der Waals surface area contributed by atoms with Gasteiger partial charge in [0, 0.05) is 44.0 Å². The number of carbonyl (C=O) groups excluding carboxylic acids is 1. The van der Waals surface area contributed by atoms with Crippen LogP contribution in [0.15, 0.2) is 24.5 Å². The van der Waals surface area contributed by atoms with Gasteiger partial charge in [-0.15, -0.1) is 0 Å². The molecule has 1 amide bonds. The molecule has 8 heteroatoms. The van der Waals surface area contributed by atoms with E-state index < -0.39 is 6.10 Å². The molecule has 0 spiro atoms. The Hall–Kier alpha value is -2.32. The van der Waals surface area contributed by atoms with E-state index in [0.717, 1.165) is 5.56 Å². The summed E-state index contributed by atoms with van der Waals surface area (Å²) in [6.07, 6.45) is 5.06. The molecular formula is C17H23N5O3. The van der Waals surface area contributed by atoms with Crippen LogP contribution >= 0.6 is 0 Å². The monoisotopic (exact) mass is 345 g/mol. The van der Waals surface area contributed by atoms with Crippen molar-refractivity contribution in [1.82, 2.24) is 25.5 Å². The van der Waals surface area contributed by atoms with Gasteiger partial charge in [0.15, 0.2) is 5.82 Å². The van der Waals surface area contributed by atoms with Crippen LogP contribution in [-0.2, 0) is 16.0 Å². The molecule has 3 rings (SSSR count). The molecule has 3 atom stereocenters. The lowest BCUT2D eigenvalue weighted by Gasteiger charge is -2.31. The average molecular weight is 345 g/mol. The number of aromatic amines is 1. The summed E-state index contributed by atoms with van der Waals surface area (Å²) >= 11 is 0. The molecule has 0 aliphatic heterocycles. The molecule has 3 N–H and O–H groups in total. The fourth-order valence-corrected chi connectivity index (χ4v) is 3.08. The Kier molecular flexibility index (Phi) is 5.72. The second kappa shape index (κ2) is 8.17. The van der Waals surface area contributed by atoms with Gasteiger partial charge in [-0.3, -0.25) is 14.9 Å². The number of hydrogen-bond acceptors (Lipinski definition) is 6. The van der Waals surface area contributed by atoms with Gasteiger partial charge in [-0.05, 0) is 31.4 Å². The van der Waals surface area contributed by atoms with Crippen molar-refractivity contribution in [3.05, 3.63) is 30.4 Å². The lowest BCUT2D eigenvalue weighted by atomic mass is 9.84. The van der Waals surface area contributed by atoms with Crippen LogP contribution in [0.25, 0.3) is 11.4 Å². The van der Waals surface area contributed by atoms with E-state index in [4.69, 9.17) is 4.74 Å². The molecule has 1 fully saturated rings. The van der Waals surface area contributed by atoms with E-state index in [0.29, 0.717) is 43.9 Å². The first-order chi connectivity index (χ1) is 12.2. The maximum absolute atomic E-state index is 12.3. The van der Waals surface area contributed by atoms with Gasteiger partial charge in [0.05, 0.1) is 12.2 Å². The van der Waals surface area contributed by atoms with Crippen LogP contribution in [-0.4, -0.2) is 57.0 Å². The predicted molar refractivity (Wildman–Crippen MR) is 90.5 cm³/mol. The van der Waals surface area contributed by atoms with Gasteiger partial charge in [-0.2, -0.15) is 5.10 Å². The largest absolute Gasteiger partial charge is 0.390 e. The second-order valence-corrected chi connectivity index (χ2v) is 6.24. The quantitative estimate of drug-likeness (QED) is 0.710. The molecule has 1 aliphatic carbocycles. The Morgan fingerprint density at radius 2 is 2.36 bits per heavy atom. The van der Waals surface area contributed by atoms with Crippen LogP contribution in [0.3, 0.4) is 0 Å². The van der Waals surface area contributed by atoms with Gasteiger partial charge in [0.1, 0.15) is 5.82 Å². The van der Waals surface area contributed by atoms with E-state index >= 15 is 0 Å². The number of aliphatic hydroxyl groups excluding tert-OH is 1. The molecule has 0 aromatic carbocycles. The topological polar surface area (TPSA) is 113 Å². The van der Waals surface area contributed by atoms with Crippen molar-refractivity contribution in [3.8, 4) is 11.4 Å². The first-order valence-electron chi connectivity index (χ1n) is 8.47. The summed E-state index contributed by atoms with van der Waals surface area (Å²) in [6, 6.07) is 3.73. The van der Waals surface area contributed by atoms with Gasteiger partial charge in [0.2, 0.25) is 5.91 Å². The molecule has 2 aromatic heterocycles. The molecule has 1 saturated carbocycles. The van der Waals surface area contributed by atoms with Gasteiger partial charge in [-0.1, -0.05) is 0 Å². The molecule has 3 unspecified atom stereocenters. The molecule has 25 heavy (non-hydrogen) atoms. The fourth-order valence-electron chi connectivity index (χ4n) is 3.08. The molecule has 2 heterocycles. The Bertz CT molecular complexity index is 691. The minimum Gasteiger partial charge on any atom is -0.390 e. The highest BCUT2D eigenvalue weighted by Crippen LogP contribution is 2.26. The summed E-state index contributed by atoms with van der Waals surface area (Å²) in [6.45, 7) is 0.483. The van der Waals surface area contributed by atoms with Crippen molar-refractivity contribution < 1.29 is 14.6 Å². The Labute approximate surface area is 146 Å². The van der Waals surface area contributed by atoms with Crippen LogP contribution < -0.4 is 5.32 Å². The number of carbonyl (C=O) groups is 1. The van der Waals surface area contributed by atoms with E-state index in [1.165, 1.54) is 0 Å². The second-order valence-electron chi connectivity index (χ2n) is 6.24. The standard InChI is InChI=1S/C17H23N5O3/c1-25-14-9-11(4-5-13(14)23)17(24)19-8-6-15-20-16(22-21-15)12-3-2-7-18-10-12/h2-3,7,10-11,13-14,23H,4-6,8-9H2,1H3,(H,19,24)(H,20,21,22). The third-order valence-electron chi connectivity index (χ3n) is 4.54. The van der Waals surface area contributed by atoms with Crippen molar-refractivity contribution >= 4 is 5.91 Å². The summed E-state index contributed by atoms with van der Waals surface area (Å²) in [5.41, 5.74) is 0.848. The minimum absolute atomic E-state index is 0.000878. The summed E-state index contributed by atoms with van der Waals surface area (Å²) in [4.78, 5) is 20.7. The molecule has 0 bridgehead atoms. The number of H-pyrrole nitrogens is 1. The number of rotatable bonds is 6. The summed E-state index contributed by atoms with van der Waals surface area (Å²) in [5, 5.41) is 19.8. The zero-order valence-corrected chi connectivity index (χ0v) is 14.2. The number of ether oxygens (including phenoxy) is 1. The van der Waals surface area contributed by atoms with Crippen LogP contribution in [0.2, 0.25) is 0 Å². The number of nitrogens with zero attached hydrogens (tertiary/aromatic N) is 3. The highest BCUT2D eigenvalue weighted by Gasteiger charge is 2.32. The molecule has 2 aromatic rings. The van der Waals surface area contributed by atoms with E-state index in [-0.39, 0.29) is 17.9 Å². The minimum atomic E-state index is -0.478. The first-order valence-corrected chi connectivity index (χ1v) is 8.47. The molecular weight excluding hydrogens is 322 g/mol. The van der Waals surface area contributed by atoms with Crippen molar-refractivity contribution in [2.24, 2.45) is 5.92 Å². The Morgan fingerprint density at radius 3 is 3.12 bits per heavy atom. The maximum atomic E-state index is 12.3. The van der Waals surface area contributed by atoms with Gasteiger partial charge >= 0.3 is 0 Å². The molecule has 134 valence electrons. The van der Waals surface area contributed by atoms with Crippen molar-refractivity contribution in [1.29, 1.82) is 0 Å². The Morgan fingerprint density at radius 1 is 1.48 bits per heavy atom. The molecule has 0 saturated heterocycles. The zero-order valence-electron chi connectivity index (χ0n) is 14.2. The summed E-state index contributed by atoms with van der Waals surface area (Å²) in [7, 11) is 1.57. The molecule has 8 nitrogen and oxygen atoms in total. The molecule has 0 radical (unpaired) electrons. The van der Waals surface area contributed by atoms with Crippen LogP contribution in [0, 0.1) is 5.92 Å². The van der Waals surface area contributed by atoms with Gasteiger partial charge < -0.3 is 15.2 Å². The zero-order chi connectivity index (χ0) is 17.6. The Balaban J connectivity index is 1.47. The highest BCUT2D eigenvalue weighted by molar-refractivity contribution is 5.78. The maximum Gasteiger partial charge on any atom is 0.223 e. The number of nitrogens with one attached hydrogen (secondary N) is 2. The third-order valence-corrected chi connectivity index (χ3v) is 4.54. The number of pyridine rings is 1. The van der Waals surface area contributed by atoms with E-state index in [1.807, 2.05) is 12.1 Å². The summed E-state index contributed by atoms with van der Waals surface area (Å²) in [5.74, 6) is 1.20. The van der Waals surface area contributed by atoms with Crippen molar-refractivity contribution in [2.75, 3.05) is 13.7 Å². The highest BCUT2D eigenvalue weighted by atomic mass is 16.5. The van der Waals surface area contributed by atoms with E-state index in [2.05, 4.69) is 25.5 Å². The number of methoxy groups -OCH3 is 1. The lowest BCUT2D eigenvalue weighted by Crippen LogP contribution is -2.41. The van der Waals surface area contributed by atoms with Crippen molar-refractivity contribution in [3.63, 3.8) is 0 Å². The SMILES string of the molecule is COC1CC(C(=O)NCCc2nc(-c3cccnc3)n[nH]2)CCC1O. The number of aromatic nitrogens is 4. The van der Waals surface area contributed by atoms with Crippen LogP contribution in [0.4, 0.5) is 0 Å². The third kappa shape index (κ3) is 4.40. The number of amides is 1. The van der Waals surface area contributed by atoms with E-state index in [9.17, 15) is 9.90 Å². The first kappa shape index (κ1) is 17.5. The van der Waals surface area contributed by atoms with E-state index in [1.54, 1.807) is 19.5 Å². The number of aliphatic hydroxyl groups is 1. The smallest absolute Gasteiger partial charge is 0.223 e. The fraction of sp³-hybridized carbons (Fsp3) is 0.529. The average Bonchev–Trinajstić information content (AvgIpc) is 3.11. The lowest BCUT2D eigenvalue weighted by molar-refractivity contribution is -0.130. The van der Waals surface area contributed by atoms with Gasteiger partial charge in [0.25, 0.3) is 0 Å². The number of hydrogen-bond donors (Lipinski definition) is 3. The normalized spacial score (nSPS) is 23.4. The van der Waals surface area contributed by atoms with Crippen molar-refractivity contribution in [2.45, 2.75) is 37.9 Å². The molecule has 1 aliphatic rings. The predicted octanol–water partition coefficient (Wildman–Crippen LogP) is 0.701. The van der Waals surface area contributed by atoms with Gasteiger partial charge in [-0.25, -0.2) is 4.98 Å². The van der Waals surface area contributed by atoms with Crippen LogP contribution in [0.5, 0.6) is 0 Å².